The summed E-state index contributed by atoms with van der Waals surface area (Å²) in [5.41, 5.74) is 7.46. The Morgan fingerprint density at radius 3 is 1.83 bits per heavy atom. The SMILES string of the molecule is CCOc1ccc(C/C=C(/c2ccccc2)c2ccc(-c3ccccc3)cc2)cc1. The Morgan fingerprint density at radius 1 is 0.633 bits per heavy atom. The van der Waals surface area contributed by atoms with E-state index in [0.29, 0.717) is 6.61 Å². The first kappa shape index (κ1) is 19.7. The van der Waals surface area contributed by atoms with Gasteiger partial charge in [0, 0.05) is 0 Å². The van der Waals surface area contributed by atoms with Crippen LogP contribution in [0.2, 0.25) is 0 Å². The number of ether oxygens (including phenoxy) is 1. The van der Waals surface area contributed by atoms with E-state index < -0.39 is 0 Å². The lowest BCUT2D eigenvalue weighted by Crippen LogP contribution is -1.92. The summed E-state index contributed by atoms with van der Waals surface area (Å²) in [5.74, 6) is 0.921. The normalized spacial score (nSPS) is 11.3. The van der Waals surface area contributed by atoms with Gasteiger partial charge in [-0.3, -0.25) is 0 Å². The van der Waals surface area contributed by atoms with Crippen molar-refractivity contribution in [2.24, 2.45) is 0 Å². The first-order valence-corrected chi connectivity index (χ1v) is 10.5. The van der Waals surface area contributed by atoms with Crippen molar-refractivity contribution in [2.75, 3.05) is 6.61 Å². The van der Waals surface area contributed by atoms with Crippen LogP contribution in [0.3, 0.4) is 0 Å². The second-order valence-corrected chi connectivity index (χ2v) is 7.21. The van der Waals surface area contributed by atoms with E-state index in [1.165, 1.54) is 33.4 Å². The third kappa shape index (κ3) is 4.87. The lowest BCUT2D eigenvalue weighted by molar-refractivity contribution is 0.340. The number of hydrogen-bond donors (Lipinski definition) is 0. The van der Waals surface area contributed by atoms with Crippen molar-refractivity contribution in [3.05, 3.63) is 132 Å². The summed E-state index contributed by atoms with van der Waals surface area (Å²) in [6.07, 6.45) is 3.19. The van der Waals surface area contributed by atoms with E-state index in [4.69, 9.17) is 4.74 Å². The maximum Gasteiger partial charge on any atom is 0.119 e. The molecule has 0 amide bonds. The van der Waals surface area contributed by atoms with Crippen molar-refractivity contribution in [3.63, 3.8) is 0 Å². The highest BCUT2D eigenvalue weighted by Crippen LogP contribution is 2.27. The zero-order valence-electron chi connectivity index (χ0n) is 17.3. The summed E-state index contributed by atoms with van der Waals surface area (Å²) >= 11 is 0. The van der Waals surface area contributed by atoms with Crippen molar-refractivity contribution < 1.29 is 4.74 Å². The molecule has 1 nitrogen and oxygen atoms in total. The molecule has 0 aliphatic heterocycles. The predicted molar refractivity (Wildman–Crippen MR) is 127 cm³/mol. The molecule has 0 radical (unpaired) electrons. The highest BCUT2D eigenvalue weighted by molar-refractivity contribution is 5.81. The summed E-state index contributed by atoms with van der Waals surface area (Å²) in [6.45, 7) is 2.70. The fraction of sp³-hybridized carbons (Fsp3) is 0.103. The van der Waals surface area contributed by atoms with Gasteiger partial charge in [0.25, 0.3) is 0 Å². The van der Waals surface area contributed by atoms with Gasteiger partial charge < -0.3 is 4.74 Å². The van der Waals surface area contributed by atoms with E-state index in [2.05, 4.69) is 103 Å². The third-order valence-corrected chi connectivity index (χ3v) is 5.16. The maximum absolute atomic E-state index is 5.56. The summed E-state index contributed by atoms with van der Waals surface area (Å²) in [7, 11) is 0. The van der Waals surface area contributed by atoms with Gasteiger partial charge in [-0.2, -0.15) is 0 Å². The topological polar surface area (TPSA) is 9.23 Å². The molecule has 0 saturated carbocycles. The minimum absolute atomic E-state index is 0.691. The molecule has 30 heavy (non-hydrogen) atoms. The zero-order valence-corrected chi connectivity index (χ0v) is 17.3. The summed E-state index contributed by atoms with van der Waals surface area (Å²) in [6, 6.07) is 38.3. The van der Waals surface area contributed by atoms with Crippen molar-refractivity contribution in [1.29, 1.82) is 0 Å². The fourth-order valence-corrected chi connectivity index (χ4v) is 3.60. The van der Waals surface area contributed by atoms with Gasteiger partial charge in [0.1, 0.15) is 5.75 Å². The van der Waals surface area contributed by atoms with Crippen LogP contribution in [0.15, 0.2) is 115 Å². The van der Waals surface area contributed by atoms with E-state index in [0.717, 1.165) is 12.2 Å². The summed E-state index contributed by atoms with van der Waals surface area (Å²) in [5, 5.41) is 0. The molecule has 4 aromatic carbocycles. The number of allylic oxidation sites excluding steroid dienone is 1. The minimum atomic E-state index is 0.691. The summed E-state index contributed by atoms with van der Waals surface area (Å²) < 4.78 is 5.56. The van der Waals surface area contributed by atoms with Gasteiger partial charge in [-0.1, -0.05) is 103 Å². The van der Waals surface area contributed by atoms with Crippen molar-refractivity contribution in [2.45, 2.75) is 13.3 Å². The van der Waals surface area contributed by atoms with Gasteiger partial charge in [0.15, 0.2) is 0 Å². The monoisotopic (exact) mass is 390 g/mol. The molecule has 0 N–H and O–H groups in total. The Labute approximate surface area is 179 Å². The van der Waals surface area contributed by atoms with Gasteiger partial charge in [-0.15, -0.1) is 0 Å². The Hall–Kier alpha value is -3.58. The van der Waals surface area contributed by atoms with E-state index in [9.17, 15) is 0 Å². The molecule has 0 aliphatic rings. The molecule has 0 spiro atoms. The molecule has 0 unspecified atom stereocenters. The Kier molecular flexibility index (Phi) is 6.41. The molecular weight excluding hydrogens is 364 g/mol. The Bertz CT molecular complexity index is 1080. The van der Waals surface area contributed by atoms with Crippen LogP contribution in [0.4, 0.5) is 0 Å². The van der Waals surface area contributed by atoms with Gasteiger partial charge in [0.2, 0.25) is 0 Å². The fourth-order valence-electron chi connectivity index (χ4n) is 3.60. The molecule has 0 atom stereocenters. The number of hydrogen-bond acceptors (Lipinski definition) is 1. The van der Waals surface area contributed by atoms with Crippen molar-refractivity contribution in [1.82, 2.24) is 0 Å². The third-order valence-electron chi connectivity index (χ3n) is 5.16. The molecule has 0 aromatic heterocycles. The van der Waals surface area contributed by atoms with E-state index >= 15 is 0 Å². The van der Waals surface area contributed by atoms with Crippen LogP contribution in [0.5, 0.6) is 5.75 Å². The molecule has 4 rings (SSSR count). The van der Waals surface area contributed by atoms with Gasteiger partial charge in [0.05, 0.1) is 6.61 Å². The van der Waals surface area contributed by atoms with Crippen molar-refractivity contribution >= 4 is 5.57 Å². The smallest absolute Gasteiger partial charge is 0.119 e. The molecule has 0 saturated heterocycles. The van der Waals surface area contributed by atoms with Crippen LogP contribution < -0.4 is 4.74 Å². The molecule has 148 valence electrons. The first-order chi connectivity index (χ1) is 14.8. The van der Waals surface area contributed by atoms with E-state index in [1.807, 2.05) is 19.1 Å². The molecule has 0 bridgehead atoms. The van der Waals surface area contributed by atoms with Gasteiger partial charge >= 0.3 is 0 Å². The second-order valence-electron chi connectivity index (χ2n) is 7.21. The number of benzene rings is 4. The van der Waals surface area contributed by atoms with Crippen LogP contribution in [-0.2, 0) is 6.42 Å². The molecule has 0 fully saturated rings. The molecule has 4 aromatic rings. The van der Waals surface area contributed by atoms with Crippen LogP contribution >= 0.6 is 0 Å². The molecule has 0 heterocycles. The van der Waals surface area contributed by atoms with E-state index in [1.54, 1.807) is 0 Å². The van der Waals surface area contributed by atoms with Crippen LogP contribution in [0.1, 0.15) is 23.6 Å². The molecule has 0 aliphatic carbocycles. The van der Waals surface area contributed by atoms with Crippen LogP contribution in [0.25, 0.3) is 16.7 Å². The maximum atomic E-state index is 5.56. The quantitative estimate of drug-likeness (QED) is 0.319. The summed E-state index contributed by atoms with van der Waals surface area (Å²) in [4.78, 5) is 0. The predicted octanol–water partition coefficient (Wildman–Crippen LogP) is 7.43. The van der Waals surface area contributed by atoms with Crippen molar-refractivity contribution in [3.8, 4) is 16.9 Å². The first-order valence-electron chi connectivity index (χ1n) is 10.5. The lowest BCUT2D eigenvalue weighted by Gasteiger charge is -2.11. The Morgan fingerprint density at radius 2 is 1.20 bits per heavy atom. The zero-order chi connectivity index (χ0) is 20.6. The van der Waals surface area contributed by atoms with Crippen LogP contribution in [0, 0.1) is 0 Å². The minimum Gasteiger partial charge on any atom is -0.494 e. The average Bonchev–Trinajstić information content (AvgIpc) is 2.82. The highest BCUT2D eigenvalue weighted by atomic mass is 16.5. The van der Waals surface area contributed by atoms with Gasteiger partial charge in [-0.25, -0.2) is 0 Å². The molecule has 1 heteroatoms. The average molecular weight is 391 g/mol. The Balaban J connectivity index is 1.62. The largest absolute Gasteiger partial charge is 0.494 e. The highest BCUT2D eigenvalue weighted by Gasteiger charge is 2.06. The number of rotatable bonds is 7. The standard InChI is InChI=1S/C29H26O/c1-2-30-28-20-13-23(14-21-28)15-22-29(26-11-7-4-8-12-26)27-18-16-25(17-19-27)24-9-5-3-6-10-24/h3-14,16-22H,2,15H2,1H3/b29-22-. The van der Waals surface area contributed by atoms with Crippen LogP contribution in [-0.4, -0.2) is 6.61 Å². The lowest BCUT2D eigenvalue weighted by atomic mass is 9.94. The molecular formula is C29H26O. The second kappa shape index (κ2) is 9.76. The van der Waals surface area contributed by atoms with Gasteiger partial charge in [-0.05, 0) is 58.9 Å². The van der Waals surface area contributed by atoms with E-state index in [-0.39, 0.29) is 0 Å².